The van der Waals surface area contributed by atoms with Crippen molar-refractivity contribution in [1.29, 1.82) is 5.26 Å². The van der Waals surface area contributed by atoms with Crippen LogP contribution in [0.15, 0.2) is 156 Å². The van der Waals surface area contributed by atoms with Crippen molar-refractivity contribution in [1.82, 2.24) is 9.97 Å². The third-order valence-electron chi connectivity index (χ3n) is 10.5. The number of hydrogen-bond acceptors (Lipinski definition) is 5. The van der Waals surface area contributed by atoms with Crippen molar-refractivity contribution in [2.75, 3.05) is 4.90 Å². The Morgan fingerprint density at radius 1 is 0.700 bits per heavy atom. The van der Waals surface area contributed by atoms with Crippen molar-refractivity contribution < 1.29 is 28.9 Å². The molecule has 3 aromatic heterocycles. The van der Waals surface area contributed by atoms with E-state index in [2.05, 4.69) is 123 Å². The zero-order valence-corrected chi connectivity index (χ0v) is 37.7. The number of nitrogens with zero attached hydrogens (tertiary/aromatic N) is 4. The van der Waals surface area contributed by atoms with Crippen molar-refractivity contribution in [3.8, 4) is 28.6 Å². The van der Waals surface area contributed by atoms with E-state index in [1.165, 1.54) is 22.9 Å². The summed E-state index contributed by atoms with van der Waals surface area (Å²) in [6.07, 6.45) is 3.87. The van der Waals surface area contributed by atoms with Crippen molar-refractivity contribution in [3.63, 3.8) is 0 Å². The Balaban J connectivity index is 0.000000255. The molecule has 299 valence electrons. The molecule has 0 N–H and O–H groups in total. The molecule has 60 heavy (non-hydrogen) atoms. The third kappa shape index (κ3) is 8.57. The number of pyridine rings is 2. The number of hydrogen-bond donors (Lipinski definition) is 0. The second-order valence-corrected chi connectivity index (χ2v) is 21.7. The Morgan fingerprint density at radius 3 is 1.93 bits per heavy atom. The Kier molecular flexibility index (Phi) is 12.0. The average Bonchev–Trinajstić information content (AvgIpc) is 3.64. The Morgan fingerprint density at radius 2 is 1.37 bits per heavy atom. The van der Waals surface area contributed by atoms with Crippen LogP contribution in [-0.4, -0.2) is 18.0 Å². The van der Waals surface area contributed by atoms with Crippen LogP contribution in [0.5, 0.6) is 0 Å². The van der Waals surface area contributed by atoms with E-state index < -0.39 is 8.07 Å². The number of para-hydroxylation sites is 2. The van der Waals surface area contributed by atoms with Crippen molar-refractivity contribution in [3.05, 3.63) is 181 Å². The monoisotopic (exact) mass is 979 g/mol. The van der Waals surface area contributed by atoms with Crippen LogP contribution in [0.25, 0.3) is 55.2 Å². The number of nitriles is 1. The first-order valence-corrected chi connectivity index (χ1v) is 23.1. The minimum absolute atomic E-state index is 0. The van der Waals surface area contributed by atoms with Gasteiger partial charge in [0.15, 0.2) is 0 Å². The van der Waals surface area contributed by atoms with Gasteiger partial charge in [0.25, 0.3) is 0 Å². The summed E-state index contributed by atoms with van der Waals surface area (Å²) in [6.45, 7) is 13.4. The van der Waals surface area contributed by atoms with Crippen molar-refractivity contribution in [2.45, 2.75) is 45.8 Å². The van der Waals surface area contributed by atoms with E-state index in [4.69, 9.17) is 9.40 Å². The summed E-state index contributed by atoms with van der Waals surface area (Å²) in [7, 11) is -1.30. The fourth-order valence-corrected chi connectivity index (χ4v) is 8.19. The number of furan rings is 1. The number of anilines is 3. The summed E-state index contributed by atoms with van der Waals surface area (Å²) in [5, 5.41) is 15.5. The summed E-state index contributed by atoms with van der Waals surface area (Å²) < 4.78 is 19.5. The number of fused-ring (bicyclic) bond motifs is 5. The van der Waals surface area contributed by atoms with E-state index in [9.17, 15) is 9.65 Å². The molecular weight excluding hydrogens is 936 g/mol. The molecule has 0 saturated carbocycles. The van der Waals surface area contributed by atoms with E-state index in [1.807, 2.05) is 79.1 Å². The van der Waals surface area contributed by atoms with Gasteiger partial charge in [0, 0.05) is 60.5 Å². The molecule has 8 heteroatoms. The molecule has 0 aliphatic carbocycles. The molecule has 3 heterocycles. The molecular formula is C52H43FIrN4OSi-2. The smallest absolute Gasteiger partial charge is 0.128 e. The molecule has 0 spiro atoms. The van der Waals surface area contributed by atoms with E-state index >= 15 is 0 Å². The number of benzene rings is 6. The third-order valence-corrected chi connectivity index (χ3v) is 12.5. The number of aromatic nitrogens is 2. The molecule has 1 radical (unpaired) electrons. The van der Waals surface area contributed by atoms with Crippen molar-refractivity contribution >= 4 is 63.0 Å². The first kappa shape index (κ1) is 41.9. The van der Waals surface area contributed by atoms with Crippen LogP contribution in [0, 0.1) is 29.3 Å². The molecule has 5 nitrogen and oxygen atoms in total. The molecule has 0 unspecified atom stereocenters. The van der Waals surface area contributed by atoms with Crippen molar-refractivity contribution in [2.24, 2.45) is 0 Å². The summed E-state index contributed by atoms with van der Waals surface area (Å²) in [4.78, 5) is 11.3. The predicted octanol–water partition coefficient (Wildman–Crippen LogP) is 13.5. The maximum atomic E-state index is 12.8. The van der Waals surface area contributed by atoms with Gasteiger partial charge >= 0.3 is 0 Å². The van der Waals surface area contributed by atoms with Crippen LogP contribution >= 0.6 is 0 Å². The summed E-state index contributed by atoms with van der Waals surface area (Å²) >= 11 is 0. The van der Waals surface area contributed by atoms with Crippen LogP contribution in [-0.2, 0) is 25.5 Å². The maximum absolute atomic E-state index is 12.8. The van der Waals surface area contributed by atoms with Crippen LogP contribution in [0.1, 0.15) is 31.9 Å². The maximum Gasteiger partial charge on any atom is 0.128 e. The largest absolute Gasteiger partial charge is 0.500 e. The van der Waals surface area contributed by atoms with Crippen LogP contribution in [0.4, 0.5) is 21.5 Å². The molecule has 0 bridgehead atoms. The minimum atomic E-state index is -1.30. The zero-order valence-electron chi connectivity index (χ0n) is 34.3. The van der Waals surface area contributed by atoms with Gasteiger partial charge in [-0.25, -0.2) is 0 Å². The fraction of sp³-hybridized carbons (Fsp3) is 0.135. The van der Waals surface area contributed by atoms with Gasteiger partial charge in [-0.05, 0) is 69.3 Å². The quantitative estimate of drug-likeness (QED) is 0.123. The SMILES string of the molecule is CC(C)(C)c1ccc(-c2[c-]ccc3c2oc2c4cc(N(c5ccccc5)c5ccccc5)c(C#N)cc4ccc32)nc1.C[Si](C)(C)c1ccc(-c2[c-]cc(F)cc2)nc1.[Ir]. The van der Waals surface area contributed by atoms with Gasteiger partial charge in [-0.3, -0.25) is 4.39 Å². The normalized spacial score (nSPS) is 11.4. The Hall–Kier alpha value is -6.23. The second-order valence-electron chi connectivity index (χ2n) is 16.6. The van der Waals surface area contributed by atoms with Gasteiger partial charge in [0.1, 0.15) is 11.7 Å². The minimum Gasteiger partial charge on any atom is -0.500 e. The van der Waals surface area contributed by atoms with E-state index in [1.54, 1.807) is 6.07 Å². The molecule has 6 aromatic carbocycles. The van der Waals surface area contributed by atoms with E-state index in [-0.39, 0.29) is 31.3 Å². The molecule has 0 atom stereocenters. The van der Waals surface area contributed by atoms with Gasteiger partial charge in [-0.1, -0.05) is 124 Å². The zero-order chi connectivity index (χ0) is 41.3. The molecule has 0 amide bonds. The second kappa shape index (κ2) is 17.2. The molecule has 0 fully saturated rings. The standard InChI is InChI=1S/C38H28N3O.C14H15FNSi.Ir/c1-38(2,3)27-18-20-34(40-24-27)32-16-10-15-30-31-19-17-25-21-26(23-39)35(22-33(25)37(31)42-36(30)32)41(28-11-6-4-7-12-28)29-13-8-5-9-14-29;1-17(2,3)13-8-9-14(16-10-13)11-4-6-12(15)7-5-11;/h4-15,17-22,24H,1-3H3;4,6-10H,1-3H3;/q2*-1;. The van der Waals surface area contributed by atoms with E-state index in [0.29, 0.717) is 5.56 Å². The predicted molar refractivity (Wildman–Crippen MR) is 243 cm³/mol. The summed E-state index contributed by atoms with van der Waals surface area (Å²) in [5.74, 6) is -0.271. The number of halogens is 1. The summed E-state index contributed by atoms with van der Waals surface area (Å²) in [5.41, 5.74) is 9.38. The first-order valence-electron chi connectivity index (χ1n) is 19.6. The molecule has 0 aliphatic heterocycles. The molecule has 0 saturated heterocycles. The molecule has 0 aliphatic rings. The van der Waals surface area contributed by atoms with Gasteiger partial charge in [0.05, 0.1) is 24.9 Å². The van der Waals surface area contributed by atoms with Gasteiger partial charge < -0.3 is 19.3 Å². The van der Waals surface area contributed by atoms with Gasteiger partial charge in [0.2, 0.25) is 0 Å². The fourth-order valence-electron chi connectivity index (χ4n) is 7.15. The molecule has 9 rings (SSSR count). The summed E-state index contributed by atoms with van der Waals surface area (Å²) in [6, 6.07) is 53.9. The molecule has 9 aromatic rings. The first-order chi connectivity index (χ1) is 28.4. The van der Waals surface area contributed by atoms with E-state index in [0.717, 1.165) is 72.3 Å². The topological polar surface area (TPSA) is 66.0 Å². The van der Waals surface area contributed by atoms with Crippen LogP contribution in [0.2, 0.25) is 19.6 Å². The van der Waals surface area contributed by atoms with Gasteiger partial charge in [-0.2, -0.15) is 5.26 Å². The van der Waals surface area contributed by atoms with Crippen LogP contribution < -0.4 is 10.1 Å². The average molecular weight is 979 g/mol. The van der Waals surface area contributed by atoms with Gasteiger partial charge in [-0.15, -0.1) is 48.0 Å². The Bertz CT molecular complexity index is 2910. The number of rotatable bonds is 6. The Labute approximate surface area is 365 Å². The van der Waals surface area contributed by atoms with Crippen LogP contribution in [0.3, 0.4) is 0 Å².